The summed E-state index contributed by atoms with van der Waals surface area (Å²) in [5, 5.41) is 5.34. The molecule has 1 aromatic carbocycles. The number of thiophene rings is 1. The van der Waals surface area contributed by atoms with E-state index in [1.807, 2.05) is 35.7 Å². The van der Waals surface area contributed by atoms with Gasteiger partial charge in [-0.05, 0) is 29.0 Å². The maximum Gasteiger partial charge on any atom is 0.151 e. The van der Waals surface area contributed by atoms with Crippen molar-refractivity contribution >= 4 is 37.2 Å². The molecule has 0 aliphatic rings. The summed E-state index contributed by atoms with van der Waals surface area (Å²) in [7, 11) is -2.98. The minimum atomic E-state index is -2.98. The monoisotopic (exact) mass is 347 g/mol. The lowest BCUT2D eigenvalue weighted by molar-refractivity contribution is 0.601. The first-order valence-corrected chi connectivity index (χ1v) is 10.1. The van der Waals surface area contributed by atoms with Gasteiger partial charge in [-0.15, -0.1) is 11.3 Å². The van der Waals surface area contributed by atoms with Gasteiger partial charge in [0.15, 0.2) is 9.84 Å². The topological polar surface area (TPSA) is 72.0 Å². The van der Waals surface area contributed by atoms with E-state index in [1.165, 1.54) is 6.26 Å². The number of nitrogens with zero attached hydrogens (tertiary/aromatic N) is 2. The Labute approximate surface area is 139 Å². The largest absolute Gasteiger partial charge is 0.368 e. The van der Waals surface area contributed by atoms with E-state index in [9.17, 15) is 8.42 Å². The van der Waals surface area contributed by atoms with Crippen LogP contribution in [0.15, 0.2) is 42.0 Å². The molecule has 0 bridgehead atoms. The number of sulfone groups is 1. The van der Waals surface area contributed by atoms with Gasteiger partial charge in [-0.1, -0.05) is 24.3 Å². The SMILES string of the molecule is CS(=O)(=O)Cc1ccc(CCNc2ncnc3ccsc23)cc1. The predicted molar refractivity (Wildman–Crippen MR) is 94.6 cm³/mol. The number of aromatic nitrogens is 2. The predicted octanol–water partition coefficient (Wildman–Crippen LogP) is 2.89. The summed E-state index contributed by atoms with van der Waals surface area (Å²) in [5.74, 6) is 0.946. The Balaban J connectivity index is 1.59. The molecule has 0 saturated heterocycles. The van der Waals surface area contributed by atoms with Gasteiger partial charge >= 0.3 is 0 Å². The van der Waals surface area contributed by atoms with Crippen molar-refractivity contribution in [2.75, 3.05) is 18.1 Å². The van der Waals surface area contributed by atoms with Crippen LogP contribution in [0.2, 0.25) is 0 Å². The van der Waals surface area contributed by atoms with Crippen LogP contribution >= 0.6 is 11.3 Å². The lowest BCUT2D eigenvalue weighted by Gasteiger charge is -2.07. The van der Waals surface area contributed by atoms with Gasteiger partial charge < -0.3 is 5.32 Å². The average Bonchev–Trinajstić information content (AvgIpc) is 2.97. The molecule has 0 saturated carbocycles. The number of fused-ring (bicyclic) bond motifs is 1. The van der Waals surface area contributed by atoms with Crippen molar-refractivity contribution < 1.29 is 8.42 Å². The van der Waals surface area contributed by atoms with Gasteiger partial charge in [0.1, 0.15) is 12.1 Å². The van der Waals surface area contributed by atoms with Gasteiger partial charge in [0.2, 0.25) is 0 Å². The van der Waals surface area contributed by atoms with Crippen LogP contribution in [0.4, 0.5) is 5.82 Å². The first-order valence-electron chi connectivity index (χ1n) is 7.19. The molecule has 5 nitrogen and oxygen atoms in total. The van der Waals surface area contributed by atoms with E-state index in [1.54, 1.807) is 17.7 Å². The van der Waals surface area contributed by atoms with Crippen LogP contribution in [-0.2, 0) is 22.0 Å². The van der Waals surface area contributed by atoms with Gasteiger partial charge in [0.05, 0.1) is 16.0 Å². The van der Waals surface area contributed by atoms with E-state index in [-0.39, 0.29) is 5.75 Å². The van der Waals surface area contributed by atoms with Crippen molar-refractivity contribution in [3.05, 3.63) is 53.2 Å². The molecule has 0 spiro atoms. The van der Waals surface area contributed by atoms with Crippen LogP contribution in [-0.4, -0.2) is 31.2 Å². The number of anilines is 1. The number of benzene rings is 1. The fourth-order valence-corrected chi connectivity index (χ4v) is 3.95. The Morgan fingerprint density at radius 1 is 1.09 bits per heavy atom. The highest BCUT2D eigenvalue weighted by molar-refractivity contribution is 7.89. The molecule has 23 heavy (non-hydrogen) atoms. The van der Waals surface area contributed by atoms with E-state index in [0.29, 0.717) is 0 Å². The first kappa shape index (κ1) is 15.9. The Morgan fingerprint density at radius 2 is 1.83 bits per heavy atom. The zero-order valence-corrected chi connectivity index (χ0v) is 14.3. The zero-order chi connectivity index (χ0) is 16.3. The molecule has 7 heteroatoms. The maximum atomic E-state index is 11.3. The third-order valence-corrected chi connectivity index (χ3v) is 5.17. The van der Waals surface area contributed by atoms with Gasteiger partial charge in [-0.3, -0.25) is 0 Å². The van der Waals surface area contributed by atoms with Gasteiger partial charge in [-0.2, -0.15) is 0 Å². The third-order valence-electron chi connectivity index (χ3n) is 3.40. The molecule has 0 radical (unpaired) electrons. The quantitative estimate of drug-likeness (QED) is 0.742. The summed E-state index contributed by atoms with van der Waals surface area (Å²) in [6.45, 7) is 0.759. The Bertz CT molecular complexity index is 902. The summed E-state index contributed by atoms with van der Waals surface area (Å²) < 4.78 is 23.6. The first-order chi connectivity index (χ1) is 11.0. The van der Waals surface area contributed by atoms with E-state index < -0.39 is 9.84 Å². The summed E-state index contributed by atoms with van der Waals surface area (Å²) in [6, 6.07) is 9.68. The molecular formula is C16H17N3O2S2. The fourth-order valence-electron chi connectivity index (χ4n) is 2.34. The van der Waals surface area contributed by atoms with Gasteiger partial charge in [-0.25, -0.2) is 18.4 Å². The van der Waals surface area contributed by atoms with Crippen molar-refractivity contribution in [1.29, 1.82) is 0 Å². The molecule has 0 fully saturated rings. The molecule has 0 aliphatic heterocycles. The van der Waals surface area contributed by atoms with Crippen LogP contribution in [0.3, 0.4) is 0 Å². The molecule has 3 aromatic rings. The minimum absolute atomic E-state index is 0.0861. The van der Waals surface area contributed by atoms with E-state index in [0.717, 1.165) is 40.1 Å². The highest BCUT2D eigenvalue weighted by Crippen LogP contribution is 2.24. The Morgan fingerprint density at radius 3 is 2.57 bits per heavy atom. The number of rotatable bonds is 6. The smallest absolute Gasteiger partial charge is 0.151 e. The van der Waals surface area contributed by atoms with Crippen molar-refractivity contribution in [2.24, 2.45) is 0 Å². The Hall–Kier alpha value is -1.99. The number of hydrogen-bond donors (Lipinski definition) is 1. The maximum absolute atomic E-state index is 11.3. The molecular weight excluding hydrogens is 330 g/mol. The van der Waals surface area contributed by atoms with Crippen molar-refractivity contribution in [3.63, 3.8) is 0 Å². The number of hydrogen-bond acceptors (Lipinski definition) is 6. The van der Waals surface area contributed by atoms with Gasteiger partial charge in [0.25, 0.3) is 0 Å². The second-order valence-corrected chi connectivity index (χ2v) is 8.48. The molecule has 0 unspecified atom stereocenters. The van der Waals surface area contributed by atoms with Crippen LogP contribution in [0.25, 0.3) is 10.2 Å². The van der Waals surface area contributed by atoms with Crippen LogP contribution in [0, 0.1) is 0 Å². The summed E-state index contributed by atoms with van der Waals surface area (Å²) in [6.07, 6.45) is 3.66. The molecule has 0 amide bonds. The minimum Gasteiger partial charge on any atom is -0.368 e. The van der Waals surface area contributed by atoms with Crippen molar-refractivity contribution in [2.45, 2.75) is 12.2 Å². The van der Waals surface area contributed by atoms with Crippen molar-refractivity contribution in [1.82, 2.24) is 9.97 Å². The lowest BCUT2D eigenvalue weighted by atomic mass is 10.1. The second-order valence-electron chi connectivity index (χ2n) is 5.42. The molecule has 3 rings (SSSR count). The van der Waals surface area contributed by atoms with Crippen LogP contribution in [0.1, 0.15) is 11.1 Å². The molecule has 0 atom stereocenters. The zero-order valence-electron chi connectivity index (χ0n) is 12.7. The average molecular weight is 347 g/mol. The van der Waals surface area contributed by atoms with Gasteiger partial charge in [0, 0.05) is 12.8 Å². The highest BCUT2D eigenvalue weighted by Gasteiger charge is 2.06. The normalized spacial score (nSPS) is 11.7. The third kappa shape index (κ3) is 4.27. The van der Waals surface area contributed by atoms with E-state index in [4.69, 9.17) is 0 Å². The van der Waals surface area contributed by atoms with Crippen LogP contribution < -0.4 is 5.32 Å². The highest BCUT2D eigenvalue weighted by atomic mass is 32.2. The lowest BCUT2D eigenvalue weighted by Crippen LogP contribution is -2.07. The molecule has 2 aromatic heterocycles. The summed E-state index contributed by atoms with van der Waals surface area (Å²) in [5.41, 5.74) is 2.93. The Kier molecular flexibility index (Phi) is 4.58. The number of nitrogens with one attached hydrogen (secondary N) is 1. The molecule has 120 valence electrons. The second kappa shape index (κ2) is 6.64. The molecule has 0 aliphatic carbocycles. The van der Waals surface area contributed by atoms with Crippen molar-refractivity contribution in [3.8, 4) is 0 Å². The summed E-state index contributed by atoms with van der Waals surface area (Å²) in [4.78, 5) is 8.50. The van der Waals surface area contributed by atoms with E-state index in [2.05, 4.69) is 15.3 Å². The van der Waals surface area contributed by atoms with Crippen LogP contribution in [0.5, 0.6) is 0 Å². The summed E-state index contributed by atoms with van der Waals surface area (Å²) >= 11 is 1.62. The fraction of sp³-hybridized carbons (Fsp3) is 0.250. The van der Waals surface area contributed by atoms with E-state index >= 15 is 0 Å². The molecule has 2 heterocycles. The standard InChI is InChI=1S/C16H17N3O2S2/c1-23(20,21)10-13-4-2-12(3-5-13)6-8-17-16-15-14(7-9-22-15)18-11-19-16/h2-5,7,9,11H,6,8,10H2,1H3,(H,17,18,19). The molecule has 1 N–H and O–H groups in total.